The molecule has 1 atom stereocenters. The Morgan fingerprint density at radius 1 is 1.06 bits per heavy atom. The van der Waals surface area contributed by atoms with Crippen LogP contribution >= 0.6 is 0 Å². The molecule has 1 unspecified atom stereocenters. The van der Waals surface area contributed by atoms with E-state index in [0.29, 0.717) is 45.3 Å². The Bertz CT molecular complexity index is 932. The van der Waals surface area contributed by atoms with Gasteiger partial charge in [0, 0.05) is 37.6 Å². The molecule has 170 valence electrons. The molecule has 6 nitrogen and oxygen atoms in total. The first kappa shape index (κ1) is 22.8. The Hall–Kier alpha value is -2.43. The molecule has 5 rings (SSSR count). The number of piperidine rings is 3. The number of fused-ring (bicyclic) bond motifs is 3. The van der Waals surface area contributed by atoms with Crippen LogP contribution in [-0.4, -0.2) is 73.8 Å². The normalized spacial score (nSPS) is 24.1. The van der Waals surface area contributed by atoms with Crippen LogP contribution in [0.2, 0.25) is 0 Å². The molecule has 1 N–H and O–H groups in total. The maximum absolute atomic E-state index is 11.2. The van der Waals surface area contributed by atoms with Crippen molar-refractivity contribution in [3.05, 3.63) is 59.3 Å². The van der Waals surface area contributed by atoms with Gasteiger partial charge in [-0.15, -0.1) is 0 Å². The van der Waals surface area contributed by atoms with E-state index in [1.165, 1.54) is 0 Å². The number of aromatic nitrogens is 1. The molecule has 0 saturated carbocycles. The number of hydrogen-bond donors (Lipinski definition) is 1. The van der Waals surface area contributed by atoms with Crippen LogP contribution in [0.25, 0.3) is 0 Å². The molecule has 1 aromatic heterocycles. The minimum Gasteiger partial charge on any atom is -0.475 e. The number of nitrogens with zero attached hydrogens (tertiary/aromatic N) is 2. The third-order valence-electron chi connectivity index (χ3n) is 6.21. The van der Waals surface area contributed by atoms with Crippen LogP contribution in [0.4, 0.5) is 0 Å². The van der Waals surface area contributed by atoms with Crippen molar-refractivity contribution < 1.29 is 19.3 Å². The maximum Gasteiger partial charge on any atom is 0.213 e. The van der Waals surface area contributed by atoms with Crippen LogP contribution in [0.3, 0.4) is 0 Å². The Kier molecular flexibility index (Phi) is 7.77. The first-order chi connectivity index (χ1) is 15.7. The first-order valence-corrected chi connectivity index (χ1v) is 11.4. The molecular formula is C26H32N2O4. The highest BCUT2D eigenvalue weighted by atomic mass is 16.5. The van der Waals surface area contributed by atoms with E-state index in [9.17, 15) is 5.11 Å². The van der Waals surface area contributed by atoms with Crippen LogP contribution in [0.5, 0.6) is 5.88 Å². The van der Waals surface area contributed by atoms with E-state index >= 15 is 0 Å². The fraction of sp³-hybridized carbons (Fsp3) is 0.500. The van der Waals surface area contributed by atoms with Gasteiger partial charge in [-0.1, -0.05) is 42.2 Å². The maximum atomic E-state index is 11.2. The highest BCUT2D eigenvalue weighted by Crippen LogP contribution is 2.35. The zero-order chi connectivity index (χ0) is 22.2. The monoisotopic (exact) mass is 436 g/mol. The summed E-state index contributed by atoms with van der Waals surface area (Å²) in [5, 5.41) is 11.2. The number of aliphatic hydroxyl groups is 1. The fourth-order valence-electron chi connectivity index (χ4n) is 4.40. The number of ether oxygens (including phenoxy) is 3. The molecule has 0 amide bonds. The Balaban J connectivity index is 1.49. The van der Waals surface area contributed by atoms with Crippen LogP contribution in [0.15, 0.2) is 42.5 Å². The highest BCUT2D eigenvalue weighted by molar-refractivity contribution is 5.44. The molecule has 0 aliphatic carbocycles. The van der Waals surface area contributed by atoms with Crippen molar-refractivity contribution in [2.75, 3.05) is 53.2 Å². The van der Waals surface area contributed by atoms with Gasteiger partial charge in [-0.05, 0) is 37.6 Å². The lowest BCUT2D eigenvalue weighted by Gasteiger charge is -2.47. The zero-order valence-corrected chi connectivity index (χ0v) is 18.8. The topological polar surface area (TPSA) is 64.1 Å². The van der Waals surface area contributed by atoms with Crippen molar-refractivity contribution in [1.82, 2.24) is 9.88 Å². The van der Waals surface area contributed by atoms with Crippen molar-refractivity contribution in [2.45, 2.75) is 24.9 Å². The number of pyridine rings is 1. The van der Waals surface area contributed by atoms with Gasteiger partial charge in [0.05, 0.1) is 25.5 Å². The summed E-state index contributed by atoms with van der Waals surface area (Å²) in [6.45, 7) is 4.78. The number of rotatable bonds is 9. The van der Waals surface area contributed by atoms with Crippen molar-refractivity contribution in [3.63, 3.8) is 0 Å². The largest absolute Gasteiger partial charge is 0.475 e. The molecule has 1 aromatic carbocycles. The van der Waals surface area contributed by atoms with Gasteiger partial charge in [0.25, 0.3) is 0 Å². The quantitative estimate of drug-likeness (QED) is 0.481. The molecule has 2 aromatic rings. The summed E-state index contributed by atoms with van der Waals surface area (Å²) in [4.78, 5) is 7.05. The van der Waals surface area contributed by atoms with Gasteiger partial charge in [-0.3, -0.25) is 4.90 Å². The second kappa shape index (κ2) is 10.9. The number of benzene rings is 1. The molecule has 3 aliphatic rings. The predicted octanol–water partition coefficient (Wildman–Crippen LogP) is 2.52. The number of methoxy groups -OCH3 is 1. The second-order valence-corrected chi connectivity index (χ2v) is 8.48. The van der Waals surface area contributed by atoms with Crippen LogP contribution in [0, 0.1) is 17.8 Å². The van der Waals surface area contributed by atoms with E-state index < -0.39 is 5.60 Å². The molecule has 4 heterocycles. The van der Waals surface area contributed by atoms with Crippen molar-refractivity contribution in [2.24, 2.45) is 5.92 Å². The van der Waals surface area contributed by atoms with E-state index in [-0.39, 0.29) is 5.92 Å². The lowest BCUT2D eigenvalue weighted by atomic mass is 9.75. The van der Waals surface area contributed by atoms with Crippen LogP contribution < -0.4 is 4.74 Å². The molecular weight excluding hydrogens is 404 g/mol. The molecule has 3 aliphatic heterocycles. The molecule has 0 radical (unpaired) electrons. The van der Waals surface area contributed by atoms with Crippen molar-refractivity contribution >= 4 is 0 Å². The van der Waals surface area contributed by atoms with E-state index in [1.54, 1.807) is 7.11 Å². The first-order valence-electron chi connectivity index (χ1n) is 11.4. The molecule has 3 saturated heterocycles. The van der Waals surface area contributed by atoms with Gasteiger partial charge < -0.3 is 19.3 Å². The van der Waals surface area contributed by atoms with Gasteiger partial charge in [0.2, 0.25) is 5.88 Å². The molecule has 2 bridgehead atoms. The Morgan fingerprint density at radius 3 is 2.56 bits per heavy atom. The molecule has 3 fully saturated rings. The van der Waals surface area contributed by atoms with Gasteiger partial charge in [-0.2, -0.15) is 0 Å². The summed E-state index contributed by atoms with van der Waals surface area (Å²) >= 11 is 0. The smallest absolute Gasteiger partial charge is 0.213 e. The van der Waals surface area contributed by atoms with Crippen LogP contribution in [-0.2, 0) is 15.9 Å². The average molecular weight is 437 g/mol. The average Bonchev–Trinajstić information content (AvgIpc) is 2.82. The zero-order valence-electron chi connectivity index (χ0n) is 18.8. The van der Waals surface area contributed by atoms with Crippen molar-refractivity contribution in [1.29, 1.82) is 0 Å². The van der Waals surface area contributed by atoms with E-state index in [4.69, 9.17) is 19.2 Å². The van der Waals surface area contributed by atoms with Crippen LogP contribution in [0.1, 0.15) is 29.7 Å². The number of hydrogen-bond acceptors (Lipinski definition) is 6. The summed E-state index contributed by atoms with van der Waals surface area (Å²) in [5.74, 6) is 7.29. The molecule has 32 heavy (non-hydrogen) atoms. The van der Waals surface area contributed by atoms with E-state index in [0.717, 1.165) is 42.8 Å². The second-order valence-electron chi connectivity index (χ2n) is 8.48. The van der Waals surface area contributed by atoms with Gasteiger partial charge in [-0.25, -0.2) is 4.98 Å². The van der Waals surface area contributed by atoms with E-state index in [2.05, 4.69) is 28.9 Å². The third-order valence-corrected chi connectivity index (χ3v) is 6.21. The Morgan fingerprint density at radius 2 is 1.84 bits per heavy atom. The lowest BCUT2D eigenvalue weighted by molar-refractivity contribution is -0.0713. The SMILES string of the molecule is COCCOCCOc1ccc(C#CC2(O)CN3CCC2CC3)c(Cc2ccccc2)n1. The predicted molar refractivity (Wildman–Crippen MR) is 123 cm³/mol. The van der Waals surface area contributed by atoms with Gasteiger partial charge >= 0.3 is 0 Å². The lowest BCUT2D eigenvalue weighted by Crippen LogP contribution is -2.58. The summed E-state index contributed by atoms with van der Waals surface area (Å²) < 4.78 is 16.2. The summed E-state index contributed by atoms with van der Waals surface area (Å²) in [6.07, 6.45) is 2.68. The fourth-order valence-corrected chi connectivity index (χ4v) is 4.40. The standard InChI is InChI=1S/C26H32N2O4/c1-30-15-16-31-17-18-32-25-8-7-22(24(27-25)19-21-5-3-2-4-6-21)9-12-26(29)20-28-13-10-23(26)11-14-28/h2-8,23,29H,10-11,13-20H2,1H3. The summed E-state index contributed by atoms with van der Waals surface area (Å²) in [6, 6.07) is 14.0. The minimum atomic E-state index is -0.935. The van der Waals surface area contributed by atoms with Gasteiger partial charge in [0.15, 0.2) is 0 Å². The Labute approximate surface area is 190 Å². The minimum absolute atomic E-state index is 0.256. The third kappa shape index (κ3) is 5.87. The van der Waals surface area contributed by atoms with E-state index in [1.807, 2.05) is 30.3 Å². The molecule has 6 heteroatoms. The summed E-state index contributed by atoms with van der Waals surface area (Å²) in [7, 11) is 1.65. The van der Waals surface area contributed by atoms with Gasteiger partial charge in [0.1, 0.15) is 12.2 Å². The summed E-state index contributed by atoms with van der Waals surface area (Å²) in [5.41, 5.74) is 1.91. The highest BCUT2D eigenvalue weighted by Gasteiger charge is 2.44. The van der Waals surface area contributed by atoms with Crippen molar-refractivity contribution in [3.8, 4) is 17.7 Å². The molecule has 0 spiro atoms.